The quantitative estimate of drug-likeness (QED) is 0.152. The molecule has 0 bridgehead atoms. The van der Waals surface area contributed by atoms with Crippen molar-refractivity contribution in [3.05, 3.63) is 158 Å². The van der Waals surface area contributed by atoms with Crippen molar-refractivity contribution in [2.45, 2.75) is 0 Å². The van der Waals surface area contributed by atoms with Crippen molar-refractivity contribution in [3.8, 4) is 33.4 Å². The Morgan fingerprint density at radius 3 is 1.38 bits per heavy atom. The highest BCUT2D eigenvalue weighted by atomic mass is 16.3. The fourth-order valence-corrected chi connectivity index (χ4v) is 7.76. The molecule has 1 aromatic heterocycles. The second-order valence-corrected chi connectivity index (χ2v) is 12.0. The molecule has 0 aliphatic heterocycles. The average molecular weight is 571 g/mol. The van der Waals surface area contributed by atoms with Gasteiger partial charge in [-0.25, -0.2) is 0 Å². The highest BCUT2D eigenvalue weighted by Gasteiger charge is 2.22. The summed E-state index contributed by atoms with van der Waals surface area (Å²) >= 11 is 0. The number of rotatable bonds is 3. The second kappa shape index (κ2) is 9.29. The van der Waals surface area contributed by atoms with Gasteiger partial charge < -0.3 is 4.42 Å². The fourth-order valence-electron chi connectivity index (χ4n) is 7.76. The van der Waals surface area contributed by atoms with Crippen LogP contribution in [-0.2, 0) is 0 Å². The third-order valence-electron chi connectivity index (χ3n) is 9.65. The molecule has 208 valence electrons. The largest absolute Gasteiger partial charge is 0.456 e. The number of hydrogen-bond donors (Lipinski definition) is 0. The molecule has 45 heavy (non-hydrogen) atoms. The molecule has 9 aromatic carbocycles. The number of benzene rings is 9. The number of hydrogen-bond acceptors (Lipinski definition) is 1. The monoisotopic (exact) mass is 570 g/mol. The van der Waals surface area contributed by atoms with E-state index in [1.54, 1.807) is 0 Å². The van der Waals surface area contributed by atoms with Crippen molar-refractivity contribution in [2.24, 2.45) is 0 Å². The maximum atomic E-state index is 6.49. The molecule has 0 saturated heterocycles. The standard InChI is InChI=1S/C44H26O/c1-2-11-27(12-3-1)30-23-25-39-43-36(30)21-22-38-37(24-26-40(45-39)44(38)43)42-34-18-8-6-16-32(34)41(33-17-7-9-19-35(33)42)31-20-10-14-28-13-4-5-15-29(28)31/h1-26H. The van der Waals surface area contributed by atoms with Gasteiger partial charge in [0.1, 0.15) is 11.2 Å². The van der Waals surface area contributed by atoms with Crippen molar-refractivity contribution < 1.29 is 4.42 Å². The van der Waals surface area contributed by atoms with E-state index in [9.17, 15) is 0 Å². The molecule has 0 spiro atoms. The molecule has 0 amide bonds. The first-order valence-corrected chi connectivity index (χ1v) is 15.5. The molecule has 10 aromatic rings. The molecule has 0 radical (unpaired) electrons. The average Bonchev–Trinajstić information content (AvgIpc) is 3.49. The topological polar surface area (TPSA) is 13.1 Å². The summed E-state index contributed by atoms with van der Waals surface area (Å²) in [7, 11) is 0. The molecule has 0 atom stereocenters. The van der Waals surface area contributed by atoms with Gasteiger partial charge in [-0.05, 0) is 94.7 Å². The van der Waals surface area contributed by atoms with Crippen LogP contribution < -0.4 is 0 Å². The molecule has 0 aliphatic rings. The van der Waals surface area contributed by atoms with Crippen molar-refractivity contribution in [1.82, 2.24) is 0 Å². The maximum Gasteiger partial charge on any atom is 0.136 e. The summed E-state index contributed by atoms with van der Waals surface area (Å²) in [6.45, 7) is 0. The lowest BCUT2D eigenvalue weighted by atomic mass is 9.83. The Morgan fingerprint density at radius 1 is 0.289 bits per heavy atom. The highest BCUT2D eigenvalue weighted by Crippen LogP contribution is 2.49. The molecule has 10 rings (SSSR count). The van der Waals surface area contributed by atoms with Gasteiger partial charge in [-0.2, -0.15) is 0 Å². The van der Waals surface area contributed by atoms with Crippen LogP contribution in [0.15, 0.2) is 162 Å². The molecule has 0 unspecified atom stereocenters. The van der Waals surface area contributed by atoms with Gasteiger partial charge in [0.25, 0.3) is 0 Å². The van der Waals surface area contributed by atoms with Crippen molar-refractivity contribution in [2.75, 3.05) is 0 Å². The normalized spacial score (nSPS) is 12.0. The zero-order chi connectivity index (χ0) is 29.5. The molecule has 1 heteroatoms. The lowest BCUT2D eigenvalue weighted by Crippen LogP contribution is -1.92. The van der Waals surface area contributed by atoms with Crippen LogP contribution in [0.2, 0.25) is 0 Å². The fraction of sp³-hybridized carbons (Fsp3) is 0. The zero-order valence-corrected chi connectivity index (χ0v) is 24.4. The van der Waals surface area contributed by atoms with E-state index < -0.39 is 0 Å². The Kier molecular flexibility index (Phi) is 5.06. The Balaban J connectivity index is 1.33. The number of furan rings is 1. The van der Waals surface area contributed by atoms with Crippen molar-refractivity contribution in [3.63, 3.8) is 0 Å². The summed E-state index contributed by atoms with van der Waals surface area (Å²) in [5.41, 5.74) is 9.36. The Hall–Kier alpha value is -5.92. The first kappa shape index (κ1) is 24.5. The lowest BCUT2D eigenvalue weighted by Gasteiger charge is -2.19. The van der Waals surface area contributed by atoms with E-state index in [2.05, 4.69) is 158 Å². The summed E-state index contributed by atoms with van der Waals surface area (Å²) in [6, 6.07) is 57.2. The minimum absolute atomic E-state index is 0.931. The first-order valence-electron chi connectivity index (χ1n) is 15.5. The van der Waals surface area contributed by atoms with Gasteiger partial charge >= 0.3 is 0 Å². The third-order valence-corrected chi connectivity index (χ3v) is 9.65. The molecule has 0 fully saturated rings. The van der Waals surface area contributed by atoms with Gasteiger partial charge in [0, 0.05) is 10.8 Å². The van der Waals surface area contributed by atoms with E-state index >= 15 is 0 Å². The summed E-state index contributed by atoms with van der Waals surface area (Å²) in [6.07, 6.45) is 0. The van der Waals surface area contributed by atoms with E-state index in [1.165, 1.54) is 87.2 Å². The zero-order valence-electron chi connectivity index (χ0n) is 24.4. The van der Waals surface area contributed by atoms with Crippen LogP contribution in [0.4, 0.5) is 0 Å². The van der Waals surface area contributed by atoms with E-state index in [0.29, 0.717) is 0 Å². The lowest BCUT2D eigenvalue weighted by molar-refractivity contribution is 0.669. The predicted molar refractivity (Wildman–Crippen MR) is 191 cm³/mol. The van der Waals surface area contributed by atoms with E-state index in [0.717, 1.165) is 11.2 Å². The highest BCUT2D eigenvalue weighted by molar-refractivity contribution is 6.30. The van der Waals surface area contributed by atoms with Crippen molar-refractivity contribution >= 4 is 65.0 Å². The molecular weight excluding hydrogens is 544 g/mol. The number of fused-ring (bicyclic) bond motifs is 3. The van der Waals surface area contributed by atoms with Crippen LogP contribution in [0.1, 0.15) is 0 Å². The van der Waals surface area contributed by atoms with Gasteiger partial charge in [-0.1, -0.05) is 140 Å². The van der Waals surface area contributed by atoms with Gasteiger partial charge in [0.2, 0.25) is 0 Å². The van der Waals surface area contributed by atoms with E-state index in [-0.39, 0.29) is 0 Å². The van der Waals surface area contributed by atoms with Crippen LogP contribution in [-0.4, -0.2) is 0 Å². The van der Waals surface area contributed by atoms with Crippen LogP contribution in [0.3, 0.4) is 0 Å². The minimum Gasteiger partial charge on any atom is -0.456 e. The first-order chi connectivity index (χ1) is 22.3. The summed E-state index contributed by atoms with van der Waals surface area (Å²) in [5, 5.41) is 12.4. The van der Waals surface area contributed by atoms with E-state index in [4.69, 9.17) is 4.42 Å². The van der Waals surface area contributed by atoms with E-state index in [1.807, 2.05) is 0 Å². The summed E-state index contributed by atoms with van der Waals surface area (Å²) in [5.74, 6) is 0. The summed E-state index contributed by atoms with van der Waals surface area (Å²) < 4.78 is 6.49. The second-order valence-electron chi connectivity index (χ2n) is 12.0. The molecule has 1 heterocycles. The predicted octanol–water partition coefficient (Wildman–Crippen LogP) is 12.6. The Morgan fingerprint density at radius 2 is 0.756 bits per heavy atom. The molecule has 0 N–H and O–H groups in total. The van der Waals surface area contributed by atoms with Crippen LogP contribution in [0, 0.1) is 0 Å². The SMILES string of the molecule is c1ccc(-c2ccc3oc4ccc(-c5c6ccccc6c(-c6cccc7ccccc67)c6ccccc56)c5ccc2c3c45)cc1. The Labute approximate surface area is 259 Å². The smallest absolute Gasteiger partial charge is 0.136 e. The van der Waals surface area contributed by atoms with Gasteiger partial charge in [-0.3, -0.25) is 0 Å². The maximum absolute atomic E-state index is 6.49. The Bertz CT molecular complexity index is 2680. The third kappa shape index (κ3) is 3.44. The summed E-state index contributed by atoms with van der Waals surface area (Å²) in [4.78, 5) is 0. The van der Waals surface area contributed by atoms with Crippen molar-refractivity contribution in [1.29, 1.82) is 0 Å². The van der Waals surface area contributed by atoms with Gasteiger partial charge in [0.05, 0.1) is 0 Å². The molecule has 1 nitrogen and oxygen atoms in total. The van der Waals surface area contributed by atoms with Gasteiger partial charge in [0.15, 0.2) is 0 Å². The van der Waals surface area contributed by atoms with Crippen LogP contribution >= 0.6 is 0 Å². The van der Waals surface area contributed by atoms with Crippen LogP contribution in [0.5, 0.6) is 0 Å². The molecular formula is C44H26O. The van der Waals surface area contributed by atoms with Crippen LogP contribution in [0.25, 0.3) is 98.4 Å². The van der Waals surface area contributed by atoms with Gasteiger partial charge in [-0.15, -0.1) is 0 Å². The molecule has 0 saturated carbocycles. The minimum atomic E-state index is 0.931. The molecule has 0 aliphatic carbocycles.